The Labute approximate surface area is 148 Å². The van der Waals surface area contributed by atoms with E-state index in [0.29, 0.717) is 44.1 Å². The number of nitrogens with zero attached hydrogens (tertiary/aromatic N) is 4. The number of aromatic nitrogens is 1. The SMILES string of the molecule is O=[N+]([O-])c1ccc(N2CCN(Cc3cccc(C(F)(F)F)c3)CC2)nc1. The number of anilines is 1. The van der Waals surface area contributed by atoms with Crippen LogP contribution in [0.15, 0.2) is 42.6 Å². The van der Waals surface area contributed by atoms with E-state index in [1.165, 1.54) is 24.4 Å². The van der Waals surface area contributed by atoms with Crippen molar-refractivity contribution in [3.05, 3.63) is 63.8 Å². The predicted octanol–water partition coefficient (Wildman–Crippen LogP) is 3.33. The van der Waals surface area contributed by atoms with E-state index in [9.17, 15) is 23.3 Å². The van der Waals surface area contributed by atoms with E-state index in [1.807, 2.05) is 4.90 Å². The number of nitro groups is 1. The molecule has 1 aromatic heterocycles. The molecule has 9 heteroatoms. The molecular formula is C17H17F3N4O2. The first-order chi connectivity index (χ1) is 12.3. The van der Waals surface area contributed by atoms with Crippen molar-refractivity contribution >= 4 is 11.5 Å². The quantitative estimate of drug-likeness (QED) is 0.614. The molecular weight excluding hydrogens is 349 g/mol. The molecule has 1 fully saturated rings. The van der Waals surface area contributed by atoms with Crippen LogP contribution in [0.4, 0.5) is 24.7 Å². The van der Waals surface area contributed by atoms with Crippen LogP contribution < -0.4 is 4.90 Å². The summed E-state index contributed by atoms with van der Waals surface area (Å²) in [5.41, 5.74) is -0.0672. The lowest BCUT2D eigenvalue weighted by atomic mass is 10.1. The number of piperazine rings is 1. The van der Waals surface area contributed by atoms with E-state index in [0.717, 1.165) is 6.07 Å². The first-order valence-electron chi connectivity index (χ1n) is 8.07. The van der Waals surface area contributed by atoms with Crippen molar-refractivity contribution in [2.75, 3.05) is 31.1 Å². The molecule has 0 bridgehead atoms. The molecule has 138 valence electrons. The van der Waals surface area contributed by atoms with Crippen molar-refractivity contribution in [3.63, 3.8) is 0 Å². The van der Waals surface area contributed by atoms with Crippen LogP contribution in [0.1, 0.15) is 11.1 Å². The minimum absolute atomic E-state index is 0.0584. The maximum absolute atomic E-state index is 12.8. The molecule has 0 aliphatic carbocycles. The van der Waals surface area contributed by atoms with Crippen molar-refractivity contribution < 1.29 is 18.1 Å². The van der Waals surface area contributed by atoms with Crippen LogP contribution in [0.25, 0.3) is 0 Å². The Kier molecular flexibility index (Phi) is 5.08. The van der Waals surface area contributed by atoms with Gasteiger partial charge >= 0.3 is 6.18 Å². The minimum Gasteiger partial charge on any atom is -0.354 e. The fourth-order valence-electron chi connectivity index (χ4n) is 2.91. The van der Waals surface area contributed by atoms with Crippen LogP contribution in [-0.4, -0.2) is 41.0 Å². The van der Waals surface area contributed by atoms with Gasteiger partial charge in [-0.15, -0.1) is 0 Å². The number of hydrogen-bond acceptors (Lipinski definition) is 5. The first kappa shape index (κ1) is 18.1. The van der Waals surface area contributed by atoms with Gasteiger partial charge in [0.15, 0.2) is 0 Å². The van der Waals surface area contributed by atoms with Gasteiger partial charge in [-0.1, -0.05) is 18.2 Å². The van der Waals surface area contributed by atoms with E-state index in [1.54, 1.807) is 12.1 Å². The standard InChI is InChI=1S/C17H17F3N4O2/c18-17(19,20)14-3-1-2-13(10-14)12-22-6-8-23(9-7-22)16-5-4-15(11-21-16)24(25)26/h1-5,10-11H,6-9,12H2. The van der Waals surface area contributed by atoms with Gasteiger partial charge in [0.05, 0.1) is 10.5 Å². The van der Waals surface area contributed by atoms with E-state index in [-0.39, 0.29) is 5.69 Å². The molecule has 0 N–H and O–H groups in total. The number of pyridine rings is 1. The van der Waals surface area contributed by atoms with Gasteiger partial charge in [0.1, 0.15) is 12.0 Å². The van der Waals surface area contributed by atoms with Crippen LogP contribution in [0.3, 0.4) is 0 Å². The molecule has 1 aromatic carbocycles. The zero-order valence-electron chi connectivity index (χ0n) is 13.8. The lowest BCUT2D eigenvalue weighted by molar-refractivity contribution is -0.385. The van der Waals surface area contributed by atoms with E-state index < -0.39 is 16.7 Å². The van der Waals surface area contributed by atoms with Gasteiger partial charge in [-0.2, -0.15) is 13.2 Å². The molecule has 0 unspecified atom stereocenters. The summed E-state index contributed by atoms with van der Waals surface area (Å²) >= 11 is 0. The molecule has 1 aliphatic heterocycles. The fourth-order valence-corrected chi connectivity index (χ4v) is 2.91. The summed E-state index contributed by atoms with van der Waals surface area (Å²) in [4.78, 5) is 18.4. The average molecular weight is 366 g/mol. The zero-order valence-corrected chi connectivity index (χ0v) is 13.8. The van der Waals surface area contributed by atoms with Crippen molar-refractivity contribution in [2.24, 2.45) is 0 Å². The van der Waals surface area contributed by atoms with Crippen LogP contribution in [0.2, 0.25) is 0 Å². The predicted molar refractivity (Wildman–Crippen MR) is 89.8 cm³/mol. The fraction of sp³-hybridized carbons (Fsp3) is 0.353. The number of hydrogen-bond donors (Lipinski definition) is 0. The van der Waals surface area contributed by atoms with Crippen molar-refractivity contribution in [2.45, 2.75) is 12.7 Å². The summed E-state index contributed by atoms with van der Waals surface area (Å²) in [6, 6.07) is 8.40. The van der Waals surface area contributed by atoms with Crippen LogP contribution in [-0.2, 0) is 12.7 Å². The second-order valence-electron chi connectivity index (χ2n) is 6.09. The highest BCUT2D eigenvalue weighted by Gasteiger charge is 2.30. The Bertz CT molecular complexity index is 772. The van der Waals surface area contributed by atoms with Crippen LogP contribution >= 0.6 is 0 Å². The van der Waals surface area contributed by atoms with Gasteiger partial charge in [-0.25, -0.2) is 4.98 Å². The van der Waals surface area contributed by atoms with Gasteiger partial charge in [0.25, 0.3) is 5.69 Å². The van der Waals surface area contributed by atoms with Gasteiger partial charge in [-0.05, 0) is 17.7 Å². The summed E-state index contributed by atoms with van der Waals surface area (Å²) in [6.07, 6.45) is -3.11. The Morgan fingerprint density at radius 1 is 1.12 bits per heavy atom. The average Bonchev–Trinajstić information content (AvgIpc) is 2.62. The topological polar surface area (TPSA) is 62.5 Å². The molecule has 0 atom stereocenters. The third kappa shape index (κ3) is 4.29. The lowest BCUT2D eigenvalue weighted by Gasteiger charge is -2.35. The van der Waals surface area contributed by atoms with Crippen LogP contribution in [0, 0.1) is 10.1 Å². The Morgan fingerprint density at radius 3 is 2.42 bits per heavy atom. The van der Waals surface area contributed by atoms with Gasteiger partial charge in [0, 0.05) is 38.8 Å². The smallest absolute Gasteiger partial charge is 0.354 e. The normalized spacial score (nSPS) is 15.9. The monoisotopic (exact) mass is 366 g/mol. The molecule has 0 saturated carbocycles. The molecule has 3 rings (SSSR count). The van der Waals surface area contributed by atoms with Crippen molar-refractivity contribution in [1.29, 1.82) is 0 Å². The largest absolute Gasteiger partial charge is 0.416 e. The molecule has 6 nitrogen and oxygen atoms in total. The lowest BCUT2D eigenvalue weighted by Crippen LogP contribution is -2.46. The Hall–Kier alpha value is -2.68. The highest BCUT2D eigenvalue weighted by molar-refractivity contribution is 5.43. The van der Waals surface area contributed by atoms with Gasteiger partial charge < -0.3 is 4.90 Å². The summed E-state index contributed by atoms with van der Waals surface area (Å²) in [7, 11) is 0. The Balaban J connectivity index is 1.58. The van der Waals surface area contributed by atoms with Gasteiger partial charge in [0.2, 0.25) is 0 Å². The number of benzene rings is 1. The second-order valence-corrected chi connectivity index (χ2v) is 6.09. The number of rotatable bonds is 4. The minimum atomic E-state index is -4.34. The summed E-state index contributed by atoms with van der Waals surface area (Å²) in [6.45, 7) is 3.11. The van der Waals surface area contributed by atoms with Gasteiger partial charge in [-0.3, -0.25) is 15.0 Å². The molecule has 0 radical (unpaired) electrons. The number of halogens is 3. The molecule has 26 heavy (non-hydrogen) atoms. The van der Waals surface area contributed by atoms with Crippen molar-refractivity contribution in [1.82, 2.24) is 9.88 Å². The molecule has 1 aliphatic rings. The van der Waals surface area contributed by atoms with E-state index in [4.69, 9.17) is 0 Å². The third-order valence-electron chi connectivity index (χ3n) is 4.30. The Morgan fingerprint density at radius 2 is 1.85 bits per heavy atom. The maximum atomic E-state index is 12.8. The van der Waals surface area contributed by atoms with E-state index in [2.05, 4.69) is 9.88 Å². The molecule has 2 aromatic rings. The summed E-state index contributed by atoms with van der Waals surface area (Å²) in [5, 5.41) is 10.7. The maximum Gasteiger partial charge on any atom is 0.416 e. The summed E-state index contributed by atoms with van der Waals surface area (Å²) in [5.74, 6) is 0.661. The molecule has 0 amide bonds. The third-order valence-corrected chi connectivity index (χ3v) is 4.30. The molecule has 1 saturated heterocycles. The summed E-state index contributed by atoms with van der Waals surface area (Å²) < 4.78 is 38.4. The van der Waals surface area contributed by atoms with Crippen molar-refractivity contribution in [3.8, 4) is 0 Å². The second kappa shape index (κ2) is 7.28. The molecule has 2 heterocycles. The van der Waals surface area contributed by atoms with Crippen LogP contribution in [0.5, 0.6) is 0 Å². The highest BCUT2D eigenvalue weighted by atomic mass is 19.4. The molecule has 0 spiro atoms. The highest BCUT2D eigenvalue weighted by Crippen LogP contribution is 2.30. The number of alkyl halides is 3. The first-order valence-corrected chi connectivity index (χ1v) is 8.07. The van der Waals surface area contributed by atoms with E-state index >= 15 is 0 Å². The zero-order chi connectivity index (χ0) is 18.7.